The molecular weight excluding hydrogens is 380 g/mol. The van der Waals surface area contributed by atoms with Gasteiger partial charge in [0.2, 0.25) is 0 Å². The topological polar surface area (TPSA) is 56.8 Å². The number of carbonyl (C=O) groups excluding carboxylic acids is 1. The van der Waals surface area contributed by atoms with Gasteiger partial charge < -0.3 is 19.5 Å². The van der Waals surface area contributed by atoms with E-state index in [-0.39, 0.29) is 18.0 Å². The lowest BCUT2D eigenvalue weighted by atomic mass is 9.99. The standard InChI is InChI=1S/C19H19F2NO4.ClH/c1-2-24-16-10-14(17-19(20,21)12-26-18(23)22-17)8-9-15(16)25-11-13-6-4-3-5-7-13;/h3-10,17H,2,11-12H2,1H3,(H,22,23);1H/t17-;/m0./s1. The van der Waals surface area contributed by atoms with Gasteiger partial charge in [-0.2, -0.15) is 0 Å². The maximum Gasteiger partial charge on any atom is 0.408 e. The average molecular weight is 400 g/mol. The number of nitrogens with one attached hydrogen (secondary N) is 1. The zero-order valence-electron chi connectivity index (χ0n) is 14.6. The van der Waals surface area contributed by atoms with Gasteiger partial charge in [0.25, 0.3) is 0 Å². The van der Waals surface area contributed by atoms with Gasteiger partial charge in [0.15, 0.2) is 18.1 Å². The molecule has 1 fully saturated rings. The fourth-order valence-corrected chi connectivity index (χ4v) is 2.66. The Kier molecular flexibility index (Phi) is 6.85. The van der Waals surface area contributed by atoms with Crippen LogP contribution in [-0.4, -0.2) is 25.2 Å². The Hall–Kier alpha value is -2.54. The molecule has 0 unspecified atom stereocenters. The van der Waals surface area contributed by atoms with E-state index >= 15 is 0 Å². The Morgan fingerprint density at radius 2 is 1.89 bits per heavy atom. The number of rotatable bonds is 6. The van der Waals surface area contributed by atoms with E-state index in [4.69, 9.17) is 9.47 Å². The zero-order chi connectivity index (χ0) is 18.6. The van der Waals surface area contributed by atoms with Crippen LogP contribution >= 0.6 is 12.4 Å². The van der Waals surface area contributed by atoms with Crippen molar-refractivity contribution in [2.45, 2.75) is 25.5 Å². The SMILES string of the molecule is CCOc1cc([C@@H]2NC(=O)OCC2(F)F)ccc1OCc1ccccc1.Cl. The first-order valence-electron chi connectivity index (χ1n) is 8.24. The normalized spacial score (nSPS) is 17.9. The molecule has 0 spiro atoms. The summed E-state index contributed by atoms with van der Waals surface area (Å²) in [6, 6.07) is 12.6. The summed E-state index contributed by atoms with van der Waals surface area (Å²) in [6.07, 6.45) is -0.872. The number of hydrogen-bond acceptors (Lipinski definition) is 4. The predicted molar refractivity (Wildman–Crippen MR) is 97.8 cm³/mol. The van der Waals surface area contributed by atoms with Crippen molar-refractivity contribution in [3.8, 4) is 11.5 Å². The molecule has 146 valence electrons. The van der Waals surface area contributed by atoms with E-state index in [0.717, 1.165) is 5.56 Å². The van der Waals surface area contributed by atoms with Crippen molar-refractivity contribution < 1.29 is 27.8 Å². The van der Waals surface area contributed by atoms with E-state index in [2.05, 4.69) is 10.1 Å². The monoisotopic (exact) mass is 399 g/mol. The minimum absolute atomic E-state index is 0. The van der Waals surface area contributed by atoms with Gasteiger partial charge in [-0.3, -0.25) is 0 Å². The molecule has 0 radical (unpaired) electrons. The van der Waals surface area contributed by atoms with Gasteiger partial charge in [-0.25, -0.2) is 13.6 Å². The molecule has 1 heterocycles. The van der Waals surface area contributed by atoms with Gasteiger partial charge in [0.05, 0.1) is 6.61 Å². The maximum atomic E-state index is 14.1. The highest BCUT2D eigenvalue weighted by Gasteiger charge is 2.47. The number of alkyl carbamates (subject to hydrolysis) is 1. The van der Waals surface area contributed by atoms with Crippen LogP contribution in [0, 0.1) is 0 Å². The van der Waals surface area contributed by atoms with E-state index < -0.39 is 24.7 Å². The number of carbonyl (C=O) groups is 1. The van der Waals surface area contributed by atoms with Crippen LogP contribution in [0.25, 0.3) is 0 Å². The van der Waals surface area contributed by atoms with Crippen LogP contribution in [-0.2, 0) is 11.3 Å². The minimum atomic E-state index is -3.22. The molecule has 0 aromatic heterocycles. The molecule has 1 saturated heterocycles. The fraction of sp³-hybridized carbons (Fsp3) is 0.316. The fourth-order valence-electron chi connectivity index (χ4n) is 2.66. The van der Waals surface area contributed by atoms with E-state index in [9.17, 15) is 13.6 Å². The Balaban J connectivity index is 0.00000261. The van der Waals surface area contributed by atoms with Gasteiger partial charge in [-0.1, -0.05) is 36.4 Å². The Bertz CT molecular complexity index is 774. The molecule has 8 heteroatoms. The summed E-state index contributed by atoms with van der Waals surface area (Å²) in [4.78, 5) is 11.3. The summed E-state index contributed by atoms with van der Waals surface area (Å²) in [5, 5.41) is 2.16. The average Bonchev–Trinajstić information content (AvgIpc) is 2.64. The number of cyclic esters (lactones) is 1. The van der Waals surface area contributed by atoms with Gasteiger partial charge in [0, 0.05) is 0 Å². The first-order chi connectivity index (χ1) is 12.5. The van der Waals surface area contributed by atoms with Crippen LogP contribution < -0.4 is 14.8 Å². The Morgan fingerprint density at radius 1 is 1.15 bits per heavy atom. The van der Waals surface area contributed by atoms with E-state index in [0.29, 0.717) is 24.7 Å². The quantitative estimate of drug-likeness (QED) is 0.776. The summed E-state index contributed by atoms with van der Waals surface area (Å²) in [6.45, 7) is 1.50. The molecule has 0 bridgehead atoms. The number of benzene rings is 2. The first-order valence-corrected chi connectivity index (χ1v) is 8.24. The van der Waals surface area contributed by atoms with Gasteiger partial charge in [0.1, 0.15) is 12.6 Å². The van der Waals surface area contributed by atoms with Crippen LogP contribution in [0.1, 0.15) is 24.1 Å². The molecule has 1 amide bonds. The van der Waals surface area contributed by atoms with Crippen LogP contribution in [0.5, 0.6) is 11.5 Å². The third-order valence-electron chi connectivity index (χ3n) is 3.92. The number of hydrogen-bond donors (Lipinski definition) is 1. The van der Waals surface area contributed by atoms with E-state index in [1.54, 1.807) is 13.0 Å². The molecule has 5 nitrogen and oxygen atoms in total. The second-order valence-corrected chi connectivity index (χ2v) is 5.83. The zero-order valence-corrected chi connectivity index (χ0v) is 15.4. The number of amides is 1. The smallest absolute Gasteiger partial charge is 0.408 e. The largest absolute Gasteiger partial charge is 0.490 e. The summed E-state index contributed by atoms with van der Waals surface area (Å²) in [5.74, 6) is -2.43. The molecule has 27 heavy (non-hydrogen) atoms. The second-order valence-electron chi connectivity index (χ2n) is 5.83. The molecular formula is C19H20ClF2NO4. The Morgan fingerprint density at radius 3 is 2.59 bits per heavy atom. The van der Waals surface area contributed by atoms with Gasteiger partial charge in [-0.05, 0) is 30.2 Å². The summed E-state index contributed by atoms with van der Waals surface area (Å²) < 4.78 is 43.9. The van der Waals surface area contributed by atoms with E-state index in [1.807, 2.05) is 30.3 Å². The molecule has 1 aliphatic heterocycles. The molecule has 0 saturated carbocycles. The van der Waals surface area contributed by atoms with Crippen LogP contribution in [0.4, 0.5) is 13.6 Å². The third-order valence-corrected chi connectivity index (χ3v) is 3.92. The number of alkyl halides is 2. The first kappa shape index (κ1) is 20.8. The van der Waals surface area contributed by atoms with Crippen molar-refractivity contribution >= 4 is 18.5 Å². The molecule has 1 N–H and O–H groups in total. The summed E-state index contributed by atoms with van der Waals surface area (Å²) >= 11 is 0. The van der Waals surface area contributed by atoms with Crippen LogP contribution in [0.2, 0.25) is 0 Å². The number of ether oxygens (including phenoxy) is 3. The van der Waals surface area contributed by atoms with Crippen molar-refractivity contribution in [3.05, 3.63) is 59.7 Å². The van der Waals surface area contributed by atoms with Crippen molar-refractivity contribution in [2.24, 2.45) is 0 Å². The number of halogens is 3. The minimum Gasteiger partial charge on any atom is -0.490 e. The summed E-state index contributed by atoms with van der Waals surface area (Å²) in [5.41, 5.74) is 1.20. The second kappa shape index (κ2) is 8.90. The molecule has 1 aliphatic rings. The molecule has 1 atom stereocenters. The van der Waals surface area contributed by atoms with Crippen molar-refractivity contribution in [1.29, 1.82) is 0 Å². The third kappa shape index (κ3) is 5.01. The predicted octanol–water partition coefficient (Wildman–Crippen LogP) is 4.50. The lowest BCUT2D eigenvalue weighted by Gasteiger charge is -2.32. The van der Waals surface area contributed by atoms with Gasteiger partial charge >= 0.3 is 12.0 Å². The van der Waals surface area contributed by atoms with Crippen molar-refractivity contribution in [3.63, 3.8) is 0 Å². The summed E-state index contributed by atoms with van der Waals surface area (Å²) in [7, 11) is 0. The highest BCUT2D eigenvalue weighted by atomic mass is 35.5. The molecule has 3 rings (SSSR count). The van der Waals surface area contributed by atoms with Gasteiger partial charge in [-0.15, -0.1) is 12.4 Å². The van der Waals surface area contributed by atoms with Crippen LogP contribution in [0.3, 0.4) is 0 Å². The van der Waals surface area contributed by atoms with Crippen molar-refractivity contribution in [2.75, 3.05) is 13.2 Å². The lowest BCUT2D eigenvalue weighted by Crippen LogP contribution is -2.49. The molecule has 2 aromatic carbocycles. The van der Waals surface area contributed by atoms with Crippen molar-refractivity contribution in [1.82, 2.24) is 5.32 Å². The maximum absolute atomic E-state index is 14.1. The lowest BCUT2D eigenvalue weighted by molar-refractivity contribution is -0.104. The van der Waals surface area contributed by atoms with E-state index in [1.165, 1.54) is 12.1 Å². The highest BCUT2D eigenvalue weighted by molar-refractivity contribution is 5.85. The molecule has 0 aliphatic carbocycles. The van der Waals surface area contributed by atoms with Crippen LogP contribution in [0.15, 0.2) is 48.5 Å². The Labute approximate surface area is 162 Å². The molecule has 2 aromatic rings. The highest BCUT2D eigenvalue weighted by Crippen LogP contribution is 2.38.